The molecule has 0 bridgehead atoms. The average Bonchev–Trinajstić information content (AvgIpc) is 1.84. The maximum absolute atomic E-state index is 8.10. The van der Waals surface area contributed by atoms with Gasteiger partial charge in [-0.25, -0.2) is 4.89 Å². The van der Waals surface area contributed by atoms with E-state index in [4.69, 9.17) is 5.26 Å². The summed E-state index contributed by atoms with van der Waals surface area (Å²) in [5.41, 5.74) is 0.317. The van der Waals surface area contributed by atoms with Crippen LogP contribution < -0.4 is 0 Å². The van der Waals surface area contributed by atoms with Crippen molar-refractivity contribution >= 4 is 0 Å². The molecule has 0 unspecified atom stereocenters. The van der Waals surface area contributed by atoms with Gasteiger partial charge in [-0.1, -0.05) is 27.2 Å². The van der Waals surface area contributed by atoms with Crippen molar-refractivity contribution in [3.8, 4) is 0 Å². The standard InChI is InChI=1S/C8H18O2/c1-4-5-8(2,3)6-7-10-9/h9H,4-7H2,1-3H3. The Morgan fingerprint density at radius 2 is 1.90 bits per heavy atom. The molecular weight excluding hydrogens is 128 g/mol. The van der Waals surface area contributed by atoms with E-state index >= 15 is 0 Å². The minimum atomic E-state index is 0.317. The third-order valence-electron chi connectivity index (χ3n) is 1.80. The summed E-state index contributed by atoms with van der Waals surface area (Å²) in [4.78, 5) is 4.02. The summed E-state index contributed by atoms with van der Waals surface area (Å²) < 4.78 is 0. The lowest BCUT2D eigenvalue weighted by Gasteiger charge is -2.22. The van der Waals surface area contributed by atoms with Gasteiger partial charge in [-0.2, -0.15) is 0 Å². The van der Waals surface area contributed by atoms with Gasteiger partial charge in [0.15, 0.2) is 0 Å². The van der Waals surface area contributed by atoms with Gasteiger partial charge in [0.2, 0.25) is 0 Å². The van der Waals surface area contributed by atoms with Crippen molar-refractivity contribution in [2.45, 2.75) is 40.0 Å². The van der Waals surface area contributed by atoms with Gasteiger partial charge in [0.1, 0.15) is 0 Å². The van der Waals surface area contributed by atoms with E-state index in [0.29, 0.717) is 12.0 Å². The van der Waals surface area contributed by atoms with E-state index in [9.17, 15) is 0 Å². The molecule has 2 nitrogen and oxygen atoms in total. The molecule has 0 atom stereocenters. The fraction of sp³-hybridized carbons (Fsp3) is 1.00. The second kappa shape index (κ2) is 4.69. The van der Waals surface area contributed by atoms with Gasteiger partial charge in [-0.3, -0.25) is 5.26 Å². The molecule has 0 aromatic rings. The van der Waals surface area contributed by atoms with Crippen LogP contribution in [0.2, 0.25) is 0 Å². The van der Waals surface area contributed by atoms with Gasteiger partial charge in [-0.15, -0.1) is 0 Å². The zero-order chi connectivity index (χ0) is 8.04. The van der Waals surface area contributed by atoms with Crippen molar-refractivity contribution < 1.29 is 10.1 Å². The Kier molecular flexibility index (Phi) is 4.65. The Morgan fingerprint density at radius 1 is 1.30 bits per heavy atom. The van der Waals surface area contributed by atoms with Crippen LogP contribution in [-0.4, -0.2) is 11.9 Å². The summed E-state index contributed by atoms with van der Waals surface area (Å²) in [6, 6.07) is 0. The van der Waals surface area contributed by atoms with Crippen molar-refractivity contribution in [2.75, 3.05) is 6.61 Å². The highest BCUT2D eigenvalue weighted by atomic mass is 17.1. The van der Waals surface area contributed by atoms with E-state index in [1.807, 2.05) is 0 Å². The molecule has 0 saturated carbocycles. The second-order valence-corrected chi connectivity index (χ2v) is 3.50. The zero-order valence-electron chi connectivity index (χ0n) is 7.18. The first-order valence-electron chi connectivity index (χ1n) is 3.89. The molecule has 0 aromatic carbocycles. The minimum absolute atomic E-state index is 0.317. The lowest BCUT2D eigenvalue weighted by Crippen LogP contribution is -2.13. The summed E-state index contributed by atoms with van der Waals surface area (Å²) in [7, 11) is 0. The maximum atomic E-state index is 8.10. The molecule has 0 spiro atoms. The molecule has 0 heterocycles. The highest BCUT2D eigenvalue weighted by Gasteiger charge is 2.15. The Bertz CT molecular complexity index is 79.3. The lowest BCUT2D eigenvalue weighted by atomic mass is 9.85. The van der Waals surface area contributed by atoms with E-state index in [1.54, 1.807) is 0 Å². The van der Waals surface area contributed by atoms with Crippen LogP contribution in [0.15, 0.2) is 0 Å². The molecule has 0 amide bonds. The number of hydrogen-bond donors (Lipinski definition) is 1. The van der Waals surface area contributed by atoms with Gasteiger partial charge in [0, 0.05) is 0 Å². The molecule has 10 heavy (non-hydrogen) atoms. The van der Waals surface area contributed by atoms with E-state index < -0.39 is 0 Å². The fourth-order valence-electron chi connectivity index (χ4n) is 1.12. The molecule has 2 heteroatoms. The normalized spacial score (nSPS) is 12.0. The third kappa shape index (κ3) is 4.77. The molecule has 0 aromatic heterocycles. The topological polar surface area (TPSA) is 29.5 Å². The van der Waals surface area contributed by atoms with Gasteiger partial charge >= 0.3 is 0 Å². The van der Waals surface area contributed by atoms with Gasteiger partial charge in [-0.05, 0) is 18.3 Å². The maximum Gasteiger partial charge on any atom is 0.0824 e. The van der Waals surface area contributed by atoms with Crippen molar-refractivity contribution in [3.63, 3.8) is 0 Å². The van der Waals surface area contributed by atoms with Crippen LogP contribution in [-0.2, 0) is 4.89 Å². The van der Waals surface area contributed by atoms with Crippen LogP contribution in [0.5, 0.6) is 0 Å². The summed E-state index contributed by atoms with van der Waals surface area (Å²) in [5, 5.41) is 8.10. The quantitative estimate of drug-likeness (QED) is 0.477. The van der Waals surface area contributed by atoms with Crippen LogP contribution in [0, 0.1) is 5.41 Å². The first kappa shape index (κ1) is 9.92. The molecule has 0 aliphatic carbocycles. The molecule has 0 radical (unpaired) electrons. The highest BCUT2D eigenvalue weighted by Crippen LogP contribution is 2.25. The number of rotatable bonds is 5. The Hall–Kier alpha value is -0.0800. The largest absolute Gasteiger partial charge is 0.252 e. The fourth-order valence-corrected chi connectivity index (χ4v) is 1.12. The SMILES string of the molecule is CCCC(C)(C)CCOO. The molecule has 1 N–H and O–H groups in total. The molecule has 0 aliphatic rings. The predicted octanol–water partition coefficient (Wildman–Crippen LogP) is 2.69. The monoisotopic (exact) mass is 146 g/mol. The molecule has 0 aliphatic heterocycles. The zero-order valence-corrected chi connectivity index (χ0v) is 7.18. The van der Waals surface area contributed by atoms with E-state index in [1.165, 1.54) is 12.8 Å². The van der Waals surface area contributed by atoms with E-state index in [0.717, 1.165) is 6.42 Å². The van der Waals surface area contributed by atoms with Crippen LogP contribution in [0.4, 0.5) is 0 Å². The van der Waals surface area contributed by atoms with Crippen molar-refractivity contribution in [1.82, 2.24) is 0 Å². The lowest BCUT2D eigenvalue weighted by molar-refractivity contribution is -0.246. The highest BCUT2D eigenvalue weighted by molar-refractivity contribution is 4.66. The van der Waals surface area contributed by atoms with Crippen molar-refractivity contribution in [2.24, 2.45) is 5.41 Å². The van der Waals surface area contributed by atoms with Crippen LogP contribution in [0.3, 0.4) is 0 Å². The molecule has 0 saturated heterocycles. The Balaban J connectivity index is 3.42. The molecule has 0 rings (SSSR count). The number of hydrogen-bond acceptors (Lipinski definition) is 2. The van der Waals surface area contributed by atoms with Gasteiger partial charge in [0.25, 0.3) is 0 Å². The summed E-state index contributed by atoms with van der Waals surface area (Å²) in [6.45, 7) is 7.00. The van der Waals surface area contributed by atoms with E-state index in [2.05, 4.69) is 25.7 Å². The average molecular weight is 146 g/mol. The summed E-state index contributed by atoms with van der Waals surface area (Å²) in [5.74, 6) is 0. The Morgan fingerprint density at radius 3 is 2.30 bits per heavy atom. The second-order valence-electron chi connectivity index (χ2n) is 3.50. The summed E-state index contributed by atoms with van der Waals surface area (Å²) >= 11 is 0. The Labute approximate surface area is 63.1 Å². The van der Waals surface area contributed by atoms with Gasteiger partial charge < -0.3 is 0 Å². The summed E-state index contributed by atoms with van der Waals surface area (Å²) in [6.07, 6.45) is 3.31. The van der Waals surface area contributed by atoms with Crippen LogP contribution >= 0.6 is 0 Å². The van der Waals surface area contributed by atoms with E-state index in [-0.39, 0.29) is 0 Å². The first-order valence-corrected chi connectivity index (χ1v) is 3.89. The molecule has 0 fully saturated rings. The molecular formula is C8H18O2. The minimum Gasteiger partial charge on any atom is -0.252 e. The molecule has 62 valence electrons. The van der Waals surface area contributed by atoms with Gasteiger partial charge in [0.05, 0.1) is 6.61 Å². The predicted molar refractivity (Wildman–Crippen MR) is 41.9 cm³/mol. The first-order chi connectivity index (χ1) is 4.62. The smallest absolute Gasteiger partial charge is 0.0824 e. The van der Waals surface area contributed by atoms with Crippen molar-refractivity contribution in [1.29, 1.82) is 0 Å². The van der Waals surface area contributed by atoms with Crippen molar-refractivity contribution in [3.05, 3.63) is 0 Å². The van der Waals surface area contributed by atoms with Crippen LogP contribution in [0.1, 0.15) is 40.0 Å². The van der Waals surface area contributed by atoms with Crippen LogP contribution in [0.25, 0.3) is 0 Å². The third-order valence-corrected chi connectivity index (χ3v) is 1.80.